The van der Waals surface area contributed by atoms with Gasteiger partial charge < -0.3 is 95.4 Å². The van der Waals surface area contributed by atoms with Gasteiger partial charge in [-0.25, -0.2) is 0 Å². The minimum atomic E-state index is -1.92. The third kappa shape index (κ3) is 29.4. The van der Waals surface area contributed by atoms with E-state index in [-0.39, 0.29) is 12.8 Å². The smallest absolute Gasteiger partial charge is 0.249 e. The maximum absolute atomic E-state index is 13.8. The lowest BCUT2D eigenvalue weighted by atomic mass is 9.93. The van der Waals surface area contributed by atoms with Crippen molar-refractivity contribution in [2.24, 2.45) is 5.92 Å². The highest BCUT2D eigenvalue weighted by molar-refractivity contribution is 5.80. The maximum atomic E-state index is 13.8. The van der Waals surface area contributed by atoms with E-state index in [0.29, 0.717) is 18.8 Å². The molecule has 3 heterocycles. The van der Waals surface area contributed by atoms with Crippen LogP contribution in [0.1, 0.15) is 247 Å². The number of ether oxygens (including phenoxy) is 6. The van der Waals surface area contributed by atoms with Crippen molar-refractivity contribution in [3.63, 3.8) is 0 Å². The molecule has 0 aliphatic carbocycles. The van der Waals surface area contributed by atoms with Crippen molar-refractivity contribution in [2.45, 2.75) is 363 Å². The largest absolute Gasteiger partial charge is 0.394 e. The quantitative estimate of drug-likeness (QED) is 0.0335. The average molecular weight is 1240 g/mol. The second kappa shape index (κ2) is 45.1. The minimum Gasteiger partial charge on any atom is -0.394 e. The van der Waals surface area contributed by atoms with Gasteiger partial charge in [0.2, 0.25) is 17.7 Å². The number of hydrogen-bond donors (Lipinski definition) is 13. The Morgan fingerprint density at radius 2 is 0.907 bits per heavy atom. The van der Waals surface area contributed by atoms with Gasteiger partial charge in [0, 0.05) is 13.8 Å². The Kier molecular flexibility index (Phi) is 40.9. The van der Waals surface area contributed by atoms with Gasteiger partial charge in [-0.05, 0) is 25.7 Å². The lowest BCUT2D eigenvalue weighted by Gasteiger charge is -2.50. The average Bonchev–Trinajstić information content (AvgIpc) is 3.06. The summed E-state index contributed by atoms with van der Waals surface area (Å²) in [4.78, 5) is 39.4. The number of carbonyl (C=O) groups is 3. The summed E-state index contributed by atoms with van der Waals surface area (Å²) in [7, 11) is 0. The Balaban J connectivity index is 1.73. The van der Waals surface area contributed by atoms with E-state index in [1.807, 2.05) is 0 Å². The van der Waals surface area contributed by atoms with Crippen molar-refractivity contribution < 1.29 is 93.9 Å². The van der Waals surface area contributed by atoms with Crippen molar-refractivity contribution in [3.05, 3.63) is 0 Å². The Morgan fingerprint density at radius 1 is 0.477 bits per heavy atom. The SMILES string of the molecule is CCCCCCCCCCCCCCCCCCCCCC[C@@H](O)C(=O)N[C@@H](CO[C@@H]1O[C@H](CO)[C@@H](O[C@@H]2O[C@H](CO)[C@H](O)[C@H](O)[C@H]2NC(C)=O)[C@H](O[C@H]2O[C@H](C)[C@H](O)[C@H](O)[C@H]2O)[C@H]1NC(C)=O)[C@H](O)[C@H](O)CCCCCCCCCCCC(C)C. The Bertz CT molecular complexity index is 1760. The Labute approximate surface area is 514 Å². The summed E-state index contributed by atoms with van der Waals surface area (Å²) in [5.41, 5.74) is 0. The lowest BCUT2D eigenvalue weighted by molar-refractivity contribution is -0.366. The van der Waals surface area contributed by atoms with Crippen LogP contribution in [0.15, 0.2) is 0 Å². The molecule has 3 aliphatic rings. The first-order valence-corrected chi connectivity index (χ1v) is 33.7. The van der Waals surface area contributed by atoms with Crippen LogP contribution in [-0.4, -0.2) is 205 Å². The molecule has 0 unspecified atom stereocenters. The molecule has 3 saturated heterocycles. The van der Waals surface area contributed by atoms with E-state index >= 15 is 0 Å². The van der Waals surface area contributed by atoms with E-state index in [9.17, 15) is 65.4 Å². The Morgan fingerprint density at radius 3 is 1.37 bits per heavy atom. The predicted molar refractivity (Wildman–Crippen MR) is 325 cm³/mol. The molecule has 506 valence electrons. The van der Waals surface area contributed by atoms with Crippen LogP contribution in [0.2, 0.25) is 0 Å². The van der Waals surface area contributed by atoms with Gasteiger partial charge in [0.15, 0.2) is 18.9 Å². The van der Waals surface area contributed by atoms with Gasteiger partial charge in [-0.2, -0.15) is 0 Å². The van der Waals surface area contributed by atoms with Crippen molar-refractivity contribution in [3.8, 4) is 0 Å². The van der Waals surface area contributed by atoms with E-state index in [0.717, 1.165) is 71.6 Å². The van der Waals surface area contributed by atoms with E-state index in [2.05, 4.69) is 36.7 Å². The number of unbranched alkanes of at least 4 members (excludes halogenated alkanes) is 27. The molecule has 0 saturated carbocycles. The van der Waals surface area contributed by atoms with Crippen LogP contribution >= 0.6 is 0 Å². The normalized spacial score (nSPS) is 29.3. The minimum absolute atomic E-state index is 0.145. The molecule has 0 spiro atoms. The van der Waals surface area contributed by atoms with Crippen LogP contribution in [0.5, 0.6) is 0 Å². The molecule has 13 N–H and O–H groups in total. The monoisotopic (exact) mass is 1240 g/mol. The zero-order valence-corrected chi connectivity index (χ0v) is 53.4. The van der Waals surface area contributed by atoms with E-state index < -0.39 is 154 Å². The zero-order chi connectivity index (χ0) is 63.4. The first-order chi connectivity index (χ1) is 41.2. The number of nitrogens with one attached hydrogen (secondary N) is 3. The number of amides is 3. The molecular weight excluding hydrogens is 1110 g/mol. The van der Waals surface area contributed by atoms with Crippen molar-refractivity contribution in [1.82, 2.24) is 16.0 Å². The number of aliphatic hydroxyl groups is 10. The molecule has 3 aliphatic heterocycles. The van der Waals surface area contributed by atoms with Gasteiger partial charge in [0.1, 0.15) is 79.2 Å². The lowest BCUT2D eigenvalue weighted by Crippen LogP contribution is -2.71. The standard InChI is InChI=1S/C64H121N3O19/c1-7-8-9-10-11-12-13-14-15-16-17-18-19-20-21-22-25-29-32-35-38-48(73)61(80)67-46(54(75)47(72)37-34-31-28-26-23-24-27-30-33-36-42(2)3)41-81-62-52(66-45(6)71)60(86-64-58(79)57(78)53(74)43(4)82-64)59(50(40-69)84-62)85-63-51(65-44(5)70)56(77)55(76)49(39-68)83-63/h42-43,46-60,62-64,68-69,72-79H,7-41H2,1-6H3,(H,65,70)(H,66,71)(H,67,80)/t43-,46+,47-,48-,49-,50-,51-,52-,53+,54+,55+,56-,57+,58-,59-,60-,62-,63+,64-/m1/s1. The van der Waals surface area contributed by atoms with Gasteiger partial charge in [0.05, 0.1) is 38.1 Å². The van der Waals surface area contributed by atoms with Gasteiger partial charge in [-0.1, -0.05) is 213 Å². The van der Waals surface area contributed by atoms with Gasteiger partial charge in [-0.15, -0.1) is 0 Å². The molecule has 3 fully saturated rings. The fourth-order valence-corrected chi connectivity index (χ4v) is 11.9. The van der Waals surface area contributed by atoms with Crippen LogP contribution in [0, 0.1) is 5.92 Å². The summed E-state index contributed by atoms with van der Waals surface area (Å²) < 4.78 is 36.9. The molecule has 22 heteroatoms. The van der Waals surface area contributed by atoms with Gasteiger partial charge in [0.25, 0.3) is 0 Å². The number of aliphatic hydroxyl groups excluding tert-OH is 10. The molecule has 0 aromatic rings. The van der Waals surface area contributed by atoms with E-state index in [1.54, 1.807) is 0 Å². The van der Waals surface area contributed by atoms with Gasteiger partial charge >= 0.3 is 0 Å². The van der Waals surface area contributed by atoms with E-state index in [1.165, 1.54) is 129 Å². The molecular formula is C64H121N3O19. The summed E-state index contributed by atoms with van der Waals surface area (Å²) in [6, 6.07) is -4.44. The summed E-state index contributed by atoms with van der Waals surface area (Å²) in [5, 5.41) is 118. The second-order valence-corrected chi connectivity index (χ2v) is 25.4. The predicted octanol–water partition coefficient (Wildman–Crippen LogP) is 5.49. The maximum Gasteiger partial charge on any atom is 0.249 e. The summed E-state index contributed by atoms with van der Waals surface area (Å²) in [6.45, 7) is 8.10. The molecule has 3 rings (SSSR count). The topological polar surface area (TPSA) is 345 Å². The third-order valence-electron chi connectivity index (χ3n) is 17.3. The first kappa shape index (κ1) is 78.0. The summed E-state index contributed by atoms with van der Waals surface area (Å²) in [5.74, 6) is -1.48. The fourth-order valence-electron chi connectivity index (χ4n) is 11.9. The Hall–Kier alpha value is -2.23. The molecule has 0 radical (unpaired) electrons. The highest BCUT2D eigenvalue weighted by atomic mass is 16.8. The third-order valence-corrected chi connectivity index (χ3v) is 17.3. The van der Waals surface area contributed by atoms with Gasteiger partial charge in [-0.3, -0.25) is 14.4 Å². The molecule has 0 bridgehead atoms. The first-order valence-electron chi connectivity index (χ1n) is 33.7. The van der Waals surface area contributed by atoms with Crippen LogP contribution in [0.25, 0.3) is 0 Å². The highest BCUT2D eigenvalue weighted by Gasteiger charge is 2.55. The molecule has 86 heavy (non-hydrogen) atoms. The summed E-state index contributed by atoms with van der Waals surface area (Å²) in [6.07, 6.45) is 9.39. The fraction of sp³-hybridized carbons (Fsp3) is 0.953. The molecule has 0 aromatic carbocycles. The van der Waals surface area contributed by atoms with Crippen LogP contribution in [-0.2, 0) is 42.8 Å². The van der Waals surface area contributed by atoms with Crippen molar-refractivity contribution in [1.29, 1.82) is 0 Å². The van der Waals surface area contributed by atoms with E-state index in [4.69, 9.17) is 28.4 Å². The number of rotatable bonds is 48. The van der Waals surface area contributed by atoms with Crippen LogP contribution in [0.3, 0.4) is 0 Å². The molecule has 0 aromatic heterocycles. The van der Waals surface area contributed by atoms with Crippen LogP contribution in [0.4, 0.5) is 0 Å². The second-order valence-electron chi connectivity index (χ2n) is 25.4. The molecule has 3 amide bonds. The van der Waals surface area contributed by atoms with Crippen molar-refractivity contribution >= 4 is 17.7 Å². The summed E-state index contributed by atoms with van der Waals surface area (Å²) >= 11 is 0. The molecule has 22 nitrogen and oxygen atoms in total. The highest BCUT2D eigenvalue weighted by Crippen LogP contribution is 2.34. The molecule has 19 atom stereocenters. The zero-order valence-electron chi connectivity index (χ0n) is 53.4. The van der Waals surface area contributed by atoms with Crippen LogP contribution < -0.4 is 16.0 Å². The number of hydrogen-bond acceptors (Lipinski definition) is 19. The number of carbonyl (C=O) groups excluding carboxylic acids is 3. The van der Waals surface area contributed by atoms with Crippen molar-refractivity contribution in [2.75, 3.05) is 19.8 Å².